The Morgan fingerprint density at radius 3 is 2.63 bits per heavy atom. The first kappa shape index (κ1) is 20.9. The minimum absolute atomic E-state index is 0.0332. The van der Waals surface area contributed by atoms with Crippen LogP contribution in [0.1, 0.15) is 29.8 Å². The lowest BCUT2D eigenvalue weighted by atomic mass is 10.0. The predicted molar refractivity (Wildman–Crippen MR) is 109 cm³/mol. The third-order valence-corrected chi connectivity index (χ3v) is 4.42. The Labute approximate surface area is 170 Å². The highest BCUT2D eigenvalue weighted by Gasteiger charge is 2.24. The lowest BCUT2D eigenvalue weighted by Gasteiger charge is -2.20. The molecule has 2 aromatic carbocycles. The second-order valence-electron chi connectivity index (χ2n) is 6.14. The zero-order valence-electron chi connectivity index (χ0n) is 14.7. The van der Waals surface area contributed by atoms with Crippen LogP contribution in [0.3, 0.4) is 0 Å². The van der Waals surface area contributed by atoms with E-state index in [4.69, 9.17) is 11.6 Å². The molecule has 6 nitrogen and oxygen atoms in total. The molecule has 0 saturated heterocycles. The fraction of sp³-hybridized carbons (Fsp3) is 0.211. The van der Waals surface area contributed by atoms with Gasteiger partial charge >= 0.3 is 0 Å². The number of carbonyl (C=O) groups is 2. The van der Waals surface area contributed by atoms with Gasteiger partial charge in [-0.1, -0.05) is 47.4 Å². The van der Waals surface area contributed by atoms with Crippen molar-refractivity contribution in [2.45, 2.75) is 19.9 Å². The van der Waals surface area contributed by atoms with Crippen molar-refractivity contribution < 1.29 is 14.7 Å². The van der Waals surface area contributed by atoms with Gasteiger partial charge in [0.05, 0.1) is 6.21 Å². The van der Waals surface area contributed by atoms with E-state index >= 15 is 0 Å². The summed E-state index contributed by atoms with van der Waals surface area (Å²) in [5.74, 6) is -1.00. The molecule has 0 heterocycles. The molecule has 3 N–H and O–H groups in total. The number of phenolic OH excluding ortho intramolecular Hbond substituents is 1. The summed E-state index contributed by atoms with van der Waals surface area (Å²) in [5.41, 5.74) is 3.19. The average Bonchev–Trinajstić information content (AvgIpc) is 2.62. The normalized spacial score (nSPS) is 12.2. The minimum Gasteiger partial charge on any atom is -0.507 e. The van der Waals surface area contributed by atoms with Gasteiger partial charge in [0.2, 0.25) is 0 Å². The van der Waals surface area contributed by atoms with Crippen molar-refractivity contribution in [3.63, 3.8) is 0 Å². The number of aromatic hydroxyl groups is 1. The first-order valence-corrected chi connectivity index (χ1v) is 9.33. The van der Waals surface area contributed by atoms with Crippen molar-refractivity contribution in [3.8, 4) is 5.75 Å². The van der Waals surface area contributed by atoms with Crippen LogP contribution >= 0.6 is 27.5 Å². The Balaban J connectivity index is 2.05. The second kappa shape index (κ2) is 9.53. The molecule has 0 aliphatic rings. The zero-order valence-corrected chi connectivity index (χ0v) is 17.1. The van der Waals surface area contributed by atoms with Crippen molar-refractivity contribution in [3.05, 3.63) is 63.1 Å². The molecule has 0 saturated carbocycles. The smallest absolute Gasteiger partial charge is 0.262 e. The van der Waals surface area contributed by atoms with E-state index in [0.717, 1.165) is 4.47 Å². The highest BCUT2D eigenvalue weighted by molar-refractivity contribution is 9.10. The molecular weight excluding hydrogens is 434 g/mol. The van der Waals surface area contributed by atoms with Crippen LogP contribution in [0.4, 0.5) is 0 Å². The summed E-state index contributed by atoms with van der Waals surface area (Å²) in [6.45, 7) is 3.62. The molecule has 0 fully saturated rings. The Morgan fingerprint density at radius 2 is 1.96 bits per heavy atom. The molecule has 0 spiro atoms. The van der Waals surface area contributed by atoms with Crippen molar-refractivity contribution in [1.82, 2.24) is 10.7 Å². The van der Waals surface area contributed by atoms with Crippen molar-refractivity contribution in [2.75, 3.05) is 0 Å². The summed E-state index contributed by atoms with van der Waals surface area (Å²) in [7, 11) is 0. The number of nitrogens with one attached hydrogen (secondary N) is 2. The van der Waals surface area contributed by atoms with Gasteiger partial charge in [-0.25, -0.2) is 5.43 Å². The summed E-state index contributed by atoms with van der Waals surface area (Å²) in [4.78, 5) is 24.8. The number of halogens is 2. The molecule has 2 amide bonds. The van der Waals surface area contributed by atoms with Crippen LogP contribution in [0.25, 0.3) is 0 Å². The van der Waals surface area contributed by atoms with E-state index in [1.165, 1.54) is 18.3 Å². The van der Waals surface area contributed by atoms with Gasteiger partial charge in [0.1, 0.15) is 11.8 Å². The van der Waals surface area contributed by atoms with Gasteiger partial charge < -0.3 is 10.4 Å². The SMILES string of the molecule is CC(C)C(NC(=O)c1cccc(Cl)c1)C(=O)NN=Cc1cc(Br)ccc1O. The molecule has 142 valence electrons. The summed E-state index contributed by atoms with van der Waals surface area (Å²) in [6.07, 6.45) is 1.33. The molecule has 0 bridgehead atoms. The summed E-state index contributed by atoms with van der Waals surface area (Å²) in [6, 6.07) is 10.5. The molecule has 0 aliphatic heterocycles. The maximum absolute atomic E-state index is 12.4. The molecule has 8 heteroatoms. The van der Waals surface area contributed by atoms with Crippen molar-refractivity contribution in [1.29, 1.82) is 0 Å². The zero-order chi connectivity index (χ0) is 20.0. The fourth-order valence-corrected chi connectivity index (χ4v) is 2.82. The fourth-order valence-electron chi connectivity index (χ4n) is 2.25. The molecular formula is C19H19BrClN3O3. The minimum atomic E-state index is -0.787. The molecule has 0 radical (unpaired) electrons. The van der Waals surface area contributed by atoms with Gasteiger partial charge in [-0.15, -0.1) is 0 Å². The maximum Gasteiger partial charge on any atom is 0.262 e. The van der Waals surface area contributed by atoms with E-state index in [1.54, 1.807) is 30.3 Å². The van der Waals surface area contributed by atoms with Gasteiger partial charge in [0.15, 0.2) is 0 Å². The number of carbonyl (C=O) groups excluding carboxylic acids is 2. The highest BCUT2D eigenvalue weighted by atomic mass is 79.9. The average molecular weight is 453 g/mol. The van der Waals surface area contributed by atoms with Gasteiger partial charge in [-0.3, -0.25) is 9.59 Å². The summed E-state index contributed by atoms with van der Waals surface area (Å²) >= 11 is 9.20. The topological polar surface area (TPSA) is 90.8 Å². The molecule has 0 aromatic heterocycles. The number of hydrogen-bond donors (Lipinski definition) is 3. The number of benzene rings is 2. The van der Waals surface area contributed by atoms with E-state index in [0.29, 0.717) is 16.1 Å². The largest absolute Gasteiger partial charge is 0.507 e. The molecule has 1 atom stereocenters. The molecule has 2 rings (SSSR count). The van der Waals surface area contributed by atoms with Gasteiger partial charge in [0, 0.05) is 20.6 Å². The van der Waals surface area contributed by atoms with Crippen molar-refractivity contribution >= 4 is 45.6 Å². The summed E-state index contributed by atoms with van der Waals surface area (Å²) < 4.78 is 0.766. The lowest BCUT2D eigenvalue weighted by Crippen LogP contribution is -2.48. The Bertz CT molecular complexity index is 871. The third kappa shape index (κ3) is 6.08. The second-order valence-corrected chi connectivity index (χ2v) is 7.49. The number of hydrazone groups is 1. The molecule has 1 unspecified atom stereocenters. The standard InChI is InChI=1S/C19H19BrClN3O3/c1-11(2)17(23-18(26)12-4-3-5-15(21)9-12)19(27)24-22-10-13-8-14(20)6-7-16(13)25/h3-11,17,25H,1-2H3,(H,23,26)(H,24,27). The van der Waals surface area contributed by atoms with Gasteiger partial charge in [-0.05, 0) is 42.3 Å². The van der Waals surface area contributed by atoms with E-state index in [1.807, 2.05) is 13.8 Å². The lowest BCUT2D eigenvalue weighted by molar-refractivity contribution is -0.123. The van der Waals surface area contributed by atoms with Crippen LogP contribution in [-0.4, -0.2) is 29.2 Å². The van der Waals surface area contributed by atoms with Crippen molar-refractivity contribution in [2.24, 2.45) is 11.0 Å². The van der Waals surface area contributed by atoms with Crippen LogP contribution in [-0.2, 0) is 4.79 Å². The number of nitrogens with zero attached hydrogens (tertiary/aromatic N) is 1. The van der Waals surface area contributed by atoms with Crippen LogP contribution in [0, 0.1) is 5.92 Å². The number of hydrogen-bond acceptors (Lipinski definition) is 4. The Kier molecular flexibility index (Phi) is 7.38. The molecule has 2 aromatic rings. The van der Waals surface area contributed by atoms with Crippen LogP contribution < -0.4 is 10.7 Å². The predicted octanol–water partition coefficient (Wildman–Crippen LogP) is 3.71. The Hall–Kier alpha value is -2.38. The molecule has 0 aliphatic carbocycles. The molecule has 27 heavy (non-hydrogen) atoms. The van der Waals surface area contributed by atoms with Gasteiger partial charge in [0.25, 0.3) is 11.8 Å². The van der Waals surface area contributed by atoms with E-state index < -0.39 is 17.9 Å². The summed E-state index contributed by atoms with van der Waals surface area (Å²) in [5, 5.41) is 16.8. The van der Waals surface area contributed by atoms with E-state index in [9.17, 15) is 14.7 Å². The maximum atomic E-state index is 12.4. The van der Waals surface area contributed by atoms with Crippen LogP contribution in [0.5, 0.6) is 5.75 Å². The van der Waals surface area contributed by atoms with E-state index in [2.05, 4.69) is 31.8 Å². The number of rotatable bonds is 6. The Morgan fingerprint density at radius 1 is 1.22 bits per heavy atom. The monoisotopic (exact) mass is 451 g/mol. The third-order valence-electron chi connectivity index (χ3n) is 3.69. The number of phenols is 1. The van der Waals surface area contributed by atoms with Crippen LogP contribution in [0.2, 0.25) is 5.02 Å². The van der Waals surface area contributed by atoms with Crippen LogP contribution in [0.15, 0.2) is 52.0 Å². The quantitative estimate of drug-likeness (QED) is 0.461. The van der Waals surface area contributed by atoms with Gasteiger partial charge in [-0.2, -0.15) is 5.10 Å². The highest BCUT2D eigenvalue weighted by Crippen LogP contribution is 2.20. The number of amides is 2. The first-order chi connectivity index (χ1) is 12.8. The van der Waals surface area contributed by atoms with E-state index in [-0.39, 0.29) is 11.7 Å². The first-order valence-electron chi connectivity index (χ1n) is 8.16.